The van der Waals surface area contributed by atoms with Gasteiger partial charge in [0.15, 0.2) is 5.76 Å². The highest BCUT2D eigenvalue weighted by atomic mass is 19.4. The largest absolute Gasteiger partial charge is 0.508 e. The van der Waals surface area contributed by atoms with Crippen molar-refractivity contribution in [2.75, 3.05) is 11.9 Å². The van der Waals surface area contributed by atoms with E-state index < -0.39 is 17.6 Å². The Hall–Kier alpha value is -3.29. The molecule has 2 aromatic carbocycles. The van der Waals surface area contributed by atoms with E-state index in [4.69, 9.17) is 4.42 Å². The number of rotatable bonds is 1. The van der Waals surface area contributed by atoms with Crippen molar-refractivity contribution in [2.45, 2.75) is 6.18 Å². The van der Waals surface area contributed by atoms with E-state index in [2.05, 4.69) is 10.3 Å². The van der Waals surface area contributed by atoms with Crippen LogP contribution in [-0.2, 0) is 11.0 Å². The molecule has 0 unspecified atom stereocenters. The van der Waals surface area contributed by atoms with Gasteiger partial charge in [-0.2, -0.15) is 13.2 Å². The minimum atomic E-state index is -4.50. The third-order valence-corrected chi connectivity index (χ3v) is 4.00. The average Bonchev–Trinajstić information content (AvgIpc) is 2.83. The molecule has 3 aromatic rings. The van der Waals surface area contributed by atoms with Gasteiger partial charge in [-0.3, -0.25) is 9.79 Å². The van der Waals surface area contributed by atoms with Crippen molar-refractivity contribution < 1.29 is 27.5 Å². The molecule has 0 spiro atoms. The van der Waals surface area contributed by atoms with Crippen molar-refractivity contribution in [3.05, 3.63) is 59.4 Å². The Kier molecular flexibility index (Phi) is 3.50. The number of phenolic OH excluding ortho intramolecular Hbond substituents is 1. The molecule has 5 nitrogen and oxygen atoms in total. The molecule has 2 heterocycles. The molecule has 132 valence electrons. The van der Waals surface area contributed by atoms with Crippen LogP contribution in [-0.4, -0.2) is 23.3 Å². The molecule has 1 amide bonds. The summed E-state index contributed by atoms with van der Waals surface area (Å²) in [5.41, 5.74) is 0.105. The van der Waals surface area contributed by atoms with Gasteiger partial charge in [0.1, 0.15) is 23.6 Å². The third kappa shape index (κ3) is 2.69. The van der Waals surface area contributed by atoms with E-state index in [1.54, 1.807) is 6.07 Å². The number of benzene rings is 2. The summed E-state index contributed by atoms with van der Waals surface area (Å²) in [6, 6.07) is 9.01. The van der Waals surface area contributed by atoms with Gasteiger partial charge in [0, 0.05) is 17.0 Å². The van der Waals surface area contributed by atoms with Crippen LogP contribution in [0.3, 0.4) is 0 Å². The minimum Gasteiger partial charge on any atom is -0.508 e. The Morgan fingerprint density at radius 3 is 2.73 bits per heavy atom. The number of hydrogen-bond acceptors (Lipinski definition) is 4. The maximum Gasteiger partial charge on any atom is 0.416 e. The SMILES string of the molecule is O=C1CN=C(c2cccc(C(F)(F)F)c2)c2oc3cc(O)ccc3c2N1. The Labute approximate surface area is 144 Å². The summed E-state index contributed by atoms with van der Waals surface area (Å²) >= 11 is 0. The molecule has 26 heavy (non-hydrogen) atoms. The number of furan rings is 1. The smallest absolute Gasteiger partial charge is 0.416 e. The van der Waals surface area contributed by atoms with Gasteiger partial charge >= 0.3 is 6.18 Å². The number of anilines is 1. The summed E-state index contributed by atoms with van der Waals surface area (Å²) in [4.78, 5) is 16.1. The van der Waals surface area contributed by atoms with Crippen LogP contribution in [0.1, 0.15) is 16.9 Å². The first kappa shape index (κ1) is 16.2. The number of carbonyl (C=O) groups is 1. The topological polar surface area (TPSA) is 74.8 Å². The van der Waals surface area contributed by atoms with Gasteiger partial charge in [0.25, 0.3) is 0 Å². The van der Waals surface area contributed by atoms with Crippen molar-refractivity contribution in [3.63, 3.8) is 0 Å². The van der Waals surface area contributed by atoms with Crippen molar-refractivity contribution in [3.8, 4) is 5.75 Å². The molecule has 1 aliphatic rings. The number of carbonyl (C=O) groups excluding carboxylic acids is 1. The van der Waals surface area contributed by atoms with Crippen LogP contribution < -0.4 is 5.32 Å². The normalized spacial score (nSPS) is 14.6. The van der Waals surface area contributed by atoms with Gasteiger partial charge in [0.2, 0.25) is 5.91 Å². The maximum atomic E-state index is 13.0. The van der Waals surface area contributed by atoms with E-state index in [-0.39, 0.29) is 34.9 Å². The Balaban J connectivity index is 1.93. The number of amides is 1. The Morgan fingerprint density at radius 2 is 1.96 bits per heavy atom. The molecule has 0 saturated carbocycles. The van der Waals surface area contributed by atoms with Crippen LogP contribution in [0.5, 0.6) is 5.75 Å². The van der Waals surface area contributed by atoms with Crippen LogP contribution in [0, 0.1) is 0 Å². The summed E-state index contributed by atoms with van der Waals surface area (Å²) < 4.78 is 44.8. The lowest BCUT2D eigenvalue weighted by Gasteiger charge is -2.09. The van der Waals surface area contributed by atoms with Crippen LogP contribution >= 0.6 is 0 Å². The number of aliphatic imine (C=N–C) groups is 1. The molecule has 1 aromatic heterocycles. The zero-order valence-corrected chi connectivity index (χ0v) is 13.1. The van der Waals surface area contributed by atoms with Gasteiger partial charge in [-0.05, 0) is 24.3 Å². The molecule has 0 aliphatic carbocycles. The van der Waals surface area contributed by atoms with E-state index in [0.29, 0.717) is 11.1 Å². The number of nitrogens with zero attached hydrogens (tertiary/aromatic N) is 1. The van der Waals surface area contributed by atoms with E-state index in [9.17, 15) is 23.1 Å². The summed E-state index contributed by atoms with van der Waals surface area (Å²) in [6.45, 7) is -0.241. The van der Waals surface area contributed by atoms with Crippen molar-refractivity contribution in [2.24, 2.45) is 4.99 Å². The number of fused-ring (bicyclic) bond motifs is 3. The van der Waals surface area contributed by atoms with Crippen molar-refractivity contribution in [1.29, 1.82) is 0 Å². The zero-order chi connectivity index (χ0) is 18.5. The van der Waals surface area contributed by atoms with E-state index >= 15 is 0 Å². The Morgan fingerprint density at radius 1 is 1.15 bits per heavy atom. The van der Waals surface area contributed by atoms with Crippen LogP contribution in [0.15, 0.2) is 51.9 Å². The predicted molar refractivity (Wildman–Crippen MR) is 88.5 cm³/mol. The lowest BCUT2D eigenvalue weighted by atomic mass is 10.0. The fourth-order valence-electron chi connectivity index (χ4n) is 2.84. The number of halogens is 3. The van der Waals surface area contributed by atoms with Crippen molar-refractivity contribution >= 4 is 28.3 Å². The van der Waals surface area contributed by atoms with Crippen LogP contribution in [0.25, 0.3) is 11.0 Å². The average molecular weight is 360 g/mol. The minimum absolute atomic E-state index is 0.0368. The standard InChI is InChI=1S/C18H11F3N2O3/c19-18(20,21)10-3-1-2-9(6-10)15-17-16(23-14(25)8-22-15)12-5-4-11(24)7-13(12)26-17/h1-7,24H,8H2,(H,23,25). The monoisotopic (exact) mass is 360 g/mol. The first-order valence-corrected chi connectivity index (χ1v) is 7.61. The molecule has 4 rings (SSSR count). The molecule has 8 heteroatoms. The molecule has 1 aliphatic heterocycles. The first-order chi connectivity index (χ1) is 12.3. The number of aromatic hydroxyl groups is 1. The molecule has 0 fully saturated rings. The number of phenols is 1. The molecular weight excluding hydrogens is 349 g/mol. The molecular formula is C18H11F3N2O3. The van der Waals surface area contributed by atoms with Gasteiger partial charge < -0.3 is 14.8 Å². The third-order valence-electron chi connectivity index (χ3n) is 4.00. The highest BCUT2D eigenvalue weighted by Crippen LogP contribution is 2.36. The van der Waals surface area contributed by atoms with Crippen LogP contribution in [0.2, 0.25) is 0 Å². The van der Waals surface area contributed by atoms with Gasteiger partial charge in [-0.1, -0.05) is 12.1 Å². The Bertz CT molecular complexity index is 1070. The first-order valence-electron chi connectivity index (χ1n) is 7.61. The second kappa shape index (κ2) is 5.62. The summed E-state index contributed by atoms with van der Waals surface area (Å²) in [5.74, 6) is -0.301. The molecule has 0 radical (unpaired) electrons. The van der Waals surface area contributed by atoms with Gasteiger partial charge in [-0.15, -0.1) is 0 Å². The molecule has 2 N–H and O–H groups in total. The molecule has 0 bridgehead atoms. The molecule has 0 atom stereocenters. The zero-order valence-electron chi connectivity index (χ0n) is 13.1. The maximum absolute atomic E-state index is 13.0. The summed E-state index contributed by atoms with van der Waals surface area (Å²) in [7, 11) is 0. The number of hydrogen-bond donors (Lipinski definition) is 2. The highest BCUT2D eigenvalue weighted by Gasteiger charge is 2.32. The van der Waals surface area contributed by atoms with Gasteiger partial charge in [-0.25, -0.2) is 0 Å². The van der Waals surface area contributed by atoms with E-state index in [1.165, 1.54) is 24.3 Å². The van der Waals surface area contributed by atoms with Gasteiger partial charge in [0.05, 0.1) is 11.3 Å². The van der Waals surface area contributed by atoms with Crippen LogP contribution in [0.4, 0.5) is 18.9 Å². The summed E-state index contributed by atoms with van der Waals surface area (Å²) in [5, 5.41) is 12.8. The fraction of sp³-hybridized carbons (Fsp3) is 0.111. The number of nitrogens with one attached hydrogen (secondary N) is 1. The number of alkyl halides is 3. The fourth-order valence-corrected chi connectivity index (χ4v) is 2.84. The summed E-state index contributed by atoms with van der Waals surface area (Å²) in [6.07, 6.45) is -4.50. The molecule has 0 saturated heterocycles. The quantitative estimate of drug-likeness (QED) is 0.690. The second-order valence-corrected chi connectivity index (χ2v) is 5.78. The van der Waals surface area contributed by atoms with E-state index in [1.807, 2.05) is 0 Å². The second-order valence-electron chi connectivity index (χ2n) is 5.78. The lowest BCUT2D eigenvalue weighted by molar-refractivity contribution is -0.137. The lowest BCUT2D eigenvalue weighted by Crippen LogP contribution is -2.13. The van der Waals surface area contributed by atoms with Crippen molar-refractivity contribution in [1.82, 2.24) is 0 Å². The van der Waals surface area contributed by atoms with E-state index in [0.717, 1.165) is 12.1 Å². The highest BCUT2D eigenvalue weighted by molar-refractivity contribution is 6.21. The predicted octanol–water partition coefficient (Wildman–Crippen LogP) is 3.95.